The Bertz CT molecular complexity index is 175. The molecular formula is C8H16Cl3NSi. The summed E-state index contributed by atoms with van der Waals surface area (Å²) < 4.78 is 0. The van der Waals surface area contributed by atoms with Crippen molar-refractivity contribution < 1.29 is 0 Å². The topological polar surface area (TPSA) is 12.4 Å². The van der Waals surface area contributed by atoms with Gasteiger partial charge in [0, 0.05) is 12.3 Å². The van der Waals surface area contributed by atoms with Crippen LogP contribution in [0.3, 0.4) is 0 Å². The average molecular weight is 261 g/mol. The molecule has 0 saturated heterocycles. The zero-order valence-corrected chi connectivity index (χ0v) is 11.5. The standard InChI is InChI=1S/C8H16Cl3NSi/c1-7(2)8(3)12-5-4-6-13(9,10)11/h7H,4-6H2,1-3H3. The number of aliphatic imine (C=N–C) groups is 1. The van der Waals surface area contributed by atoms with Gasteiger partial charge >= 0.3 is 6.00 Å². The summed E-state index contributed by atoms with van der Waals surface area (Å²) in [5, 5.41) is 0. The first kappa shape index (κ1) is 13.8. The molecule has 0 N–H and O–H groups in total. The molecule has 0 saturated carbocycles. The molecule has 0 aliphatic carbocycles. The van der Waals surface area contributed by atoms with E-state index >= 15 is 0 Å². The van der Waals surface area contributed by atoms with E-state index in [1.54, 1.807) is 0 Å². The van der Waals surface area contributed by atoms with E-state index in [1.165, 1.54) is 5.71 Å². The Labute approximate surface area is 95.6 Å². The highest BCUT2D eigenvalue weighted by atomic mass is 35.8. The lowest BCUT2D eigenvalue weighted by Crippen LogP contribution is -2.09. The first-order valence-corrected chi connectivity index (χ1v) is 9.65. The smallest absolute Gasteiger partial charge is 0.294 e. The molecule has 0 atom stereocenters. The number of hydrogen-bond donors (Lipinski definition) is 0. The highest BCUT2D eigenvalue weighted by molar-refractivity contribution is 7.64. The Kier molecular flexibility index (Phi) is 6.65. The van der Waals surface area contributed by atoms with Crippen molar-refractivity contribution in [3.05, 3.63) is 0 Å². The molecule has 0 unspecified atom stereocenters. The summed E-state index contributed by atoms with van der Waals surface area (Å²) in [4.78, 5) is 4.39. The molecular weight excluding hydrogens is 245 g/mol. The number of nitrogens with zero attached hydrogens (tertiary/aromatic N) is 1. The molecule has 0 spiro atoms. The lowest BCUT2D eigenvalue weighted by atomic mass is 10.1. The predicted molar refractivity (Wildman–Crippen MR) is 65.6 cm³/mol. The van der Waals surface area contributed by atoms with E-state index in [9.17, 15) is 0 Å². The summed E-state index contributed by atoms with van der Waals surface area (Å²) in [6.07, 6.45) is 0.882. The molecule has 0 radical (unpaired) electrons. The second-order valence-electron chi connectivity index (χ2n) is 3.40. The monoisotopic (exact) mass is 259 g/mol. The van der Waals surface area contributed by atoms with Gasteiger partial charge in [0.05, 0.1) is 0 Å². The quantitative estimate of drug-likeness (QED) is 0.305. The van der Waals surface area contributed by atoms with Gasteiger partial charge in [0.15, 0.2) is 0 Å². The minimum Gasteiger partial charge on any atom is -0.294 e. The third-order valence-corrected chi connectivity index (χ3v) is 4.44. The summed E-state index contributed by atoms with van der Waals surface area (Å²) in [7, 11) is 0. The third kappa shape index (κ3) is 9.07. The number of hydrogen-bond acceptors (Lipinski definition) is 1. The Balaban J connectivity index is 3.62. The molecule has 0 aromatic rings. The summed E-state index contributed by atoms with van der Waals surface area (Å²) in [5.41, 5.74) is 1.17. The van der Waals surface area contributed by atoms with Gasteiger partial charge < -0.3 is 0 Å². The summed E-state index contributed by atoms with van der Waals surface area (Å²) in [6.45, 7) is 7.08. The molecule has 1 nitrogen and oxygen atoms in total. The molecule has 13 heavy (non-hydrogen) atoms. The van der Waals surface area contributed by atoms with Gasteiger partial charge in [-0.15, -0.1) is 33.2 Å². The maximum Gasteiger partial charge on any atom is 0.341 e. The Hall–Kier alpha value is 0.757. The fourth-order valence-electron chi connectivity index (χ4n) is 0.717. The van der Waals surface area contributed by atoms with E-state index in [0.29, 0.717) is 12.0 Å². The maximum absolute atomic E-state index is 5.73. The Morgan fingerprint density at radius 2 is 1.85 bits per heavy atom. The Morgan fingerprint density at radius 1 is 1.31 bits per heavy atom. The van der Waals surface area contributed by atoms with Crippen LogP contribution in [-0.2, 0) is 0 Å². The van der Waals surface area contributed by atoms with Gasteiger partial charge in [-0.1, -0.05) is 13.8 Å². The summed E-state index contributed by atoms with van der Waals surface area (Å²) in [6, 6.07) is -1.71. The van der Waals surface area contributed by atoms with Crippen LogP contribution in [0.5, 0.6) is 0 Å². The predicted octanol–water partition coefficient (Wildman–Crippen LogP) is 4.15. The van der Waals surface area contributed by atoms with Gasteiger partial charge in [0.2, 0.25) is 0 Å². The molecule has 5 heteroatoms. The van der Waals surface area contributed by atoms with Crippen molar-refractivity contribution >= 4 is 45.0 Å². The van der Waals surface area contributed by atoms with Crippen molar-refractivity contribution in [3.63, 3.8) is 0 Å². The van der Waals surface area contributed by atoms with Gasteiger partial charge in [0.1, 0.15) is 0 Å². The van der Waals surface area contributed by atoms with Crippen LogP contribution >= 0.6 is 33.2 Å². The first-order valence-electron chi connectivity index (χ1n) is 4.40. The molecule has 0 fully saturated rings. The molecule has 0 aliphatic heterocycles. The lowest BCUT2D eigenvalue weighted by molar-refractivity contribution is 0.845. The lowest BCUT2D eigenvalue weighted by Gasteiger charge is -2.06. The van der Waals surface area contributed by atoms with Crippen molar-refractivity contribution in [2.45, 2.75) is 33.2 Å². The summed E-state index contributed by atoms with van der Waals surface area (Å²) >= 11 is 17.2. The van der Waals surface area contributed by atoms with Crippen LogP contribution in [-0.4, -0.2) is 18.3 Å². The van der Waals surface area contributed by atoms with Gasteiger partial charge in [-0.05, 0) is 25.3 Å². The van der Waals surface area contributed by atoms with Crippen LogP contribution in [0.4, 0.5) is 0 Å². The van der Waals surface area contributed by atoms with E-state index < -0.39 is 6.00 Å². The van der Waals surface area contributed by atoms with E-state index in [0.717, 1.165) is 13.0 Å². The fraction of sp³-hybridized carbons (Fsp3) is 0.875. The minimum atomic E-state index is -2.41. The van der Waals surface area contributed by atoms with Crippen LogP contribution < -0.4 is 0 Å². The third-order valence-electron chi connectivity index (χ3n) is 1.82. The second kappa shape index (κ2) is 6.28. The van der Waals surface area contributed by atoms with E-state index in [4.69, 9.17) is 33.2 Å². The van der Waals surface area contributed by atoms with Crippen LogP contribution in [0.25, 0.3) is 0 Å². The highest BCUT2D eigenvalue weighted by Gasteiger charge is 2.23. The van der Waals surface area contributed by atoms with Gasteiger partial charge in [-0.2, -0.15) is 0 Å². The van der Waals surface area contributed by atoms with Gasteiger partial charge in [-0.25, -0.2) is 0 Å². The van der Waals surface area contributed by atoms with Crippen LogP contribution in [0, 0.1) is 5.92 Å². The molecule has 0 heterocycles. The van der Waals surface area contributed by atoms with Crippen molar-refractivity contribution in [1.29, 1.82) is 0 Å². The molecule has 0 amide bonds. The van der Waals surface area contributed by atoms with Crippen LogP contribution in [0.2, 0.25) is 6.04 Å². The molecule has 78 valence electrons. The van der Waals surface area contributed by atoms with Crippen LogP contribution in [0.1, 0.15) is 27.2 Å². The molecule has 0 aromatic carbocycles. The van der Waals surface area contributed by atoms with Gasteiger partial charge in [0.25, 0.3) is 0 Å². The highest BCUT2D eigenvalue weighted by Crippen LogP contribution is 2.26. The van der Waals surface area contributed by atoms with Crippen molar-refractivity contribution in [1.82, 2.24) is 0 Å². The van der Waals surface area contributed by atoms with Crippen molar-refractivity contribution in [2.75, 3.05) is 6.54 Å². The van der Waals surface area contributed by atoms with Crippen molar-refractivity contribution in [2.24, 2.45) is 10.9 Å². The van der Waals surface area contributed by atoms with Crippen molar-refractivity contribution in [3.8, 4) is 0 Å². The minimum absolute atomic E-state index is 0.519. The SMILES string of the molecule is CC(=NCCC[Si](Cl)(Cl)Cl)C(C)C. The van der Waals surface area contributed by atoms with E-state index in [-0.39, 0.29) is 0 Å². The maximum atomic E-state index is 5.73. The molecule has 0 bridgehead atoms. The number of rotatable bonds is 5. The summed E-state index contributed by atoms with van der Waals surface area (Å²) in [5.74, 6) is 0.519. The zero-order valence-electron chi connectivity index (χ0n) is 8.28. The molecule has 0 aliphatic rings. The van der Waals surface area contributed by atoms with Crippen LogP contribution in [0.15, 0.2) is 4.99 Å². The molecule has 0 rings (SSSR count). The zero-order chi connectivity index (χ0) is 10.5. The van der Waals surface area contributed by atoms with E-state index in [2.05, 4.69) is 18.8 Å². The largest absolute Gasteiger partial charge is 0.341 e. The first-order chi connectivity index (χ1) is 5.83. The Morgan fingerprint density at radius 3 is 2.23 bits per heavy atom. The van der Waals surface area contributed by atoms with Gasteiger partial charge in [-0.3, -0.25) is 4.99 Å². The molecule has 0 aromatic heterocycles. The fourth-order valence-corrected chi connectivity index (χ4v) is 2.48. The number of halogens is 3. The second-order valence-corrected chi connectivity index (χ2v) is 12.7. The average Bonchev–Trinajstić information content (AvgIpc) is 1.95. The van der Waals surface area contributed by atoms with E-state index in [1.807, 2.05) is 6.92 Å². The normalized spacial score (nSPS) is 13.9.